The van der Waals surface area contributed by atoms with Crippen molar-refractivity contribution in [2.75, 3.05) is 40.1 Å². The Labute approximate surface area is 661 Å². The summed E-state index contributed by atoms with van der Waals surface area (Å²) in [6.07, 6.45) is -55.9. The lowest BCUT2D eigenvalue weighted by Gasteiger charge is -2.71. The van der Waals surface area contributed by atoms with Crippen molar-refractivity contribution in [1.29, 1.82) is 0 Å². The number of ether oxygens (including phenoxy) is 15. The molecule has 4 saturated carbocycles. The number of hydrogen-bond donors (Lipinski definition) is 19. The summed E-state index contributed by atoms with van der Waals surface area (Å²) in [6, 6.07) is 6.44. The van der Waals surface area contributed by atoms with Crippen LogP contribution in [0.15, 0.2) is 42.0 Å². The average molecular weight is 1650 g/mol. The molecule has 1 aromatic rings. The van der Waals surface area contributed by atoms with Crippen molar-refractivity contribution in [3.8, 4) is 5.75 Å². The Bertz CT molecular complexity index is 3610. The number of carboxylic acids is 1. The zero-order chi connectivity index (χ0) is 84.0. The van der Waals surface area contributed by atoms with Gasteiger partial charge in [0.05, 0.1) is 63.4 Å². The number of carbonyl (C=O) groups excluding carboxylic acids is 3. The van der Waals surface area contributed by atoms with Gasteiger partial charge >= 0.3 is 23.9 Å². The van der Waals surface area contributed by atoms with E-state index < -0.39 is 304 Å². The van der Waals surface area contributed by atoms with E-state index in [0.717, 1.165) is 13.0 Å². The minimum absolute atomic E-state index is 0.0255. The molecule has 0 amide bonds. The fraction of sp³-hybridized carbons (Fsp3) is 0.818. The van der Waals surface area contributed by atoms with Gasteiger partial charge in [-0.3, -0.25) is 14.4 Å². The predicted octanol–water partition coefficient (Wildman–Crippen LogP) is -4.87. The summed E-state index contributed by atoms with van der Waals surface area (Å²) >= 11 is 0. The lowest BCUT2D eigenvalue weighted by atomic mass is 9.33. The summed E-state index contributed by atoms with van der Waals surface area (Å²) in [4.78, 5) is 57.0. The summed E-state index contributed by atoms with van der Waals surface area (Å²) in [5.74, 6) is -6.34. The molecule has 38 heteroatoms. The topological polar surface area (TPSA) is 591 Å². The molecular formula is C77H114O38. The molecule has 11 aliphatic rings. The Balaban J connectivity index is 0.919. The molecule has 12 rings (SSSR count). The van der Waals surface area contributed by atoms with E-state index in [4.69, 9.17) is 71.1 Å². The molecule has 5 aliphatic carbocycles. The van der Waals surface area contributed by atoms with Crippen LogP contribution in [-0.2, 0) is 85.5 Å². The monoisotopic (exact) mass is 1650 g/mol. The van der Waals surface area contributed by atoms with Gasteiger partial charge in [-0.2, -0.15) is 0 Å². The van der Waals surface area contributed by atoms with E-state index in [1.807, 2.05) is 33.8 Å². The number of fused-ring (bicyclic) bond motifs is 7. The number of methoxy groups -OCH3 is 1. The first-order valence-electron chi connectivity index (χ1n) is 39.1. The Morgan fingerprint density at radius 1 is 0.539 bits per heavy atom. The van der Waals surface area contributed by atoms with Crippen LogP contribution in [0.1, 0.15) is 112 Å². The number of aliphatic hydroxyl groups is 18. The van der Waals surface area contributed by atoms with E-state index in [2.05, 4.69) is 0 Å². The van der Waals surface area contributed by atoms with Crippen LogP contribution < -0.4 is 4.74 Å². The van der Waals surface area contributed by atoms with Crippen molar-refractivity contribution in [3.63, 3.8) is 0 Å². The second kappa shape index (κ2) is 34.6. The Morgan fingerprint density at radius 3 is 1.72 bits per heavy atom. The molecule has 38 nitrogen and oxygen atoms in total. The van der Waals surface area contributed by atoms with Crippen LogP contribution in [0.4, 0.5) is 0 Å². The highest BCUT2D eigenvalue weighted by Crippen LogP contribution is 2.76. The van der Waals surface area contributed by atoms with Crippen LogP contribution in [0.3, 0.4) is 0 Å². The maximum Gasteiger partial charge on any atom is 0.331 e. The van der Waals surface area contributed by atoms with Gasteiger partial charge in [0.1, 0.15) is 140 Å². The number of allylic oxidation sites excluding steroid dienone is 1. The molecule has 10 fully saturated rings. The highest BCUT2D eigenvalue weighted by Gasteiger charge is 2.75. The van der Waals surface area contributed by atoms with E-state index in [1.54, 1.807) is 24.3 Å². The predicted molar refractivity (Wildman–Crippen MR) is 381 cm³/mol. The molecule has 650 valence electrons. The number of esters is 3. The van der Waals surface area contributed by atoms with Crippen molar-refractivity contribution >= 4 is 30.0 Å². The number of carbonyl (C=O) groups is 4. The van der Waals surface area contributed by atoms with Crippen LogP contribution >= 0.6 is 0 Å². The van der Waals surface area contributed by atoms with Crippen molar-refractivity contribution in [2.45, 2.75) is 303 Å². The van der Waals surface area contributed by atoms with Crippen molar-refractivity contribution < 1.29 is 187 Å². The zero-order valence-corrected chi connectivity index (χ0v) is 65.2. The van der Waals surface area contributed by atoms with Crippen LogP contribution in [-0.4, -0.2) is 357 Å². The number of benzene rings is 1. The normalized spacial score (nSPS) is 49.1. The molecule has 6 heterocycles. The molecule has 6 aliphatic heterocycles. The lowest BCUT2D eigenvalue weighted by molar-refractivity contribution is -0.398. The molecule has 0 bridgehead atoms. The molecule has 0 aromatic heterocycles. The number of carboxylic acid groups (broad SMARTS) is 1. The van der Waals surface area contributed by atoms with E-state index in [-0.39, 0.29) is 51.4 Å². The second-order valence-corrected chi connectivity index (χ2v) is 34.5. The fourth-order valence-corrected chi connectivity index (χ4v) is 20.9. The molecule has 0 radical (unpaired) electrons. The number of hydrogen-bond acceptors (Lipinski definition) is 37. The quantitative estimate of drug-likeness (QED) is 0.0170. The van der Waals surface area contributed by atoms with Crippen LogP contribution in [0.2, 0.25) is 0 Å². The SMILES string of the molecule is COc1ccc(/C=C\C(=O)O[C@@H]2[C@H](O[C@@H]3O[C@H](CO)[C@@H](O)[C@H](O[C@@H]4O[C@H](COC(C)=O)[C@@H](O)[C@H](O)[C@H]4O)[C@H]3O)[C@@H](O[C@@H]3O[C@@H](C)[C@H](O[C@@H]4OC[C@@H](O)[C@H](O)[C@H]4O)[C@@H](O)[C@H]3O)[C@H](OC(=O)[C@@]34CC[C@]5(CO)C(=CC[C@@H]6[C@@]7(C)C[C@H](O)[C@H](O[C@@H]8O[C@H](CO)[C@@H](O)[C@H](O)[C@H]8O)[C@@](C)(C(=O)O)[C@@H]7CC[C@]65C)[C@@H]3CC(C)(C)C[C@H]4O)O[C@@H]2C)cc1. The van der Waals surface area contributed by atoms with Crippen molar-refractivity contribution in [2.24, 2.45) is 50.2 Å². The van der Waals surface area contributed by atoms with E-state index in [0.29, 0.717) is 16.9 Å². The molecule has 19 N–H and O–H groups in total. The third-order valence-electron chi connectivity index (χ3n) is 27.2. The van der Waals surface area contributed by atoms with Crippen LogP contribution in [0.25, 0.3) is 6.08 Å². The molecule has 0 spiro atoms. The van der Waals surface area contributed by atoms with Crippen LogP contribution in [0, 0.1) is 50.2 Å². The number of aliphatic hydroxyl groups excluding tert-OH is 18. The second-order valence-electron chi connectivity index (χ2n) is 34.5. The highest BCUT2D eigenvalue weighted by molar-refractivity contribution is 5.87. The van der Waals surface area contributed by atoms with Gasteiger partial charge in [0.2, 0.25) is 6.29 Å². The van der Waals surface area contributed by atoms with Gasteiger partial charge in [-0.15, -0.1) is 0 Å². The maximum absolute atomic E-state index is 16.6. The minimum atomic E-state index is -2.35. The molecular weight excluding hydrogens is 1530 g/mol. The van der Waals surface area contributed by atoms with Gasteiger partial charge in [0.15, 0.2) is 43.7 Å². The smallest absolute Gasteiger partial charge is 0.331 e. The van der Waals surface area contributed by atoms with Crippen molar-refractivity contribution in [1.82, 2.24) is 0 Å². The fourth-order valence-electron chi connectivity index (χ4n) is 20.9. The van der Waals surface area contributed by atoms with Gasteiger partial charge in [-0.25, -0.2) is 4.79 Å². The standard InChI is InChI=1S/C77H114O38/c1-30-58(110-64-53(93)46(86)38(83)27-103-64)52(92)56(96)65(104-30)113-62-61(112-68-57(97)60(49(89)40(26-79)107-68)111-66-54(94)51(91)48(88)41(108-66)28-102-32(3)81)59(109-45(85)17-12-33-10-13-34(101-9)14-11-33)31(2)105-69(62)115-71(100)77-21-20-76(29-80)35(36(77)22-72(4,5)24-44(77)84)15-16-42-73(6)23-37(82)63(75(8,70(98)99)43(73)18-19-74(42,76)7)114-67-55(95)50(90)47(87)39(25-78)106-67/h10-15,17,30-31,36-44,46-69,78-80,82-84,86-97H,16,18-29H2,1-9H3,(H,98,99)/b17-12-/t30-,31+,36-,37-,38+,39+,40+,41+,42+,43+,44+,46-,47+,48+,49+,50-,51-,52-,53+,54+,55+,56+,57+,58-,59-,60-,61-,62+,63-,64-,65-,66-,67-,68-,69-,73+,74+,75-,76-,77-/m0/s1. The van der Waals surface area contributed by atoms with E-state index >= 15 is 4.79 Å². The van der Waals surface area contributed by atoms with Gasteiger partial charge in [0.25, 0.3) is 0 Å². The van der Waals surface area contributed by atoms with Gasteiger partial charge in [-0.05, 0) is 130 Å². The largest absolute Gasteiger partial charge is 0.497 e. The van der Waals surface area contributed by atoms with Gasteiger partial charge in [-0.1, -0.05) is 51.5 Å². The minimum Gasteiger partial charge on any atom is -0.497 e. The molecule has 1 aromatic carbocycles. The Morgan fingerprint density at radius 2 is 1.10 bits per heavy atom. The van der Waals surface area contributed by atoms with Gasteiger partial charge < -0.3 is 168 Å². The first kappa shape index (κ1) is 89.5. The molecule has 115 heavy (non-hydrogen) atoms. The highest BCUT2D eigenvalue weighted by atomic mass is 16.8. The number of rotatable bonds is 22. The summed E-state index contributed by atoms with van der Waals surface area (Å²) < 4.78 is 90.7. The van der Waals surface area contributed by atoms with Gasteiger partial charge in [0, 0.05) is 18.4 Å². The van der Waals surface area contributed by atoms with E-state index in [9.17, 15) is 111 Å². The third-order valence-corrected chi connectivity index (χ3v) is 27.2. The molecule has 0 unspecified atom stereocenters. The van der Waals surface area contributed by atoms with Crippen LogP contribution in [0.5, 0.6) is 5.75 Å². The lowest BCUT2D eigenvalue weighted by Crippen LogP contribution is -2.71. The molecule has 40 atom stereocenters. The Kier molecular flexibility index (Phi) is 26.9. The summed E-state index contributed by atoms with van der Waals surface area (Å²) in [5.41, 5.74) is -7.03. The average Bonchev–Trinajstić information content (AvgIpc) is 0.666. The zero-order valence-electron chi connectivity index (χ0n) is 65.2. The van der Waals surface area contributed by atoms with E-state index in [1.165, 1.54) is 34.0 Å². The van der Waals surface area contributed by atoms with Crippen molar-refractivity contribution in [3.05, 3.63) is 47.6 Å². The summed E-state index contributed by atoms with van der Waals surface area (Å²) in [5, 5.41) is 216. The summed E-state index contributed by atoms with van der Waals surface area (Å²) in [6.45, 7) is 9.13. The first-order chi connectivity index (χ1) is 54.1. The maximum atomic E-state index is 16.6. The first-order valence-corrected chi connectivity index (χ1v) is 39.1. The summed E-state index contributed by atoms with van der Waals surface area (Å²) in [7, 11) is 1.45. The molecule has 6 saturated heterocycles. The number of aliphatic carboxylic acids is 1. The Hall–Kier alpha value is -4.78. The third kappa shape index (κ3) is 16.1.